The molecule has 1 saturated heterocycles. The van der Waals surface area contributed by atoms with Crippen LogP contribution in [0.2, 0.25) is 0 Å². The Morgan fingerprint density at radius 2 is 1.75 bits per heavy atom. The van der Waals surface area contributed by atoms with Gasteiger partial charge < -0.3 is 4.90 Å². The van der Waals surface area contributed by atoms with Gasteiger partial charge in [0.05, 0.1) is 10.5 Å². The van der Waals surface area contributed by atoms with Crippen LogP contribution >= 0.6 is 0 Å². The molecule has 0 saturated carbocycles. The third-order valence-electron chi connectivity index (χ3n) is 4.24. The fourth-order valence-electron chi connectivity index (χ4n) is 3.10. The van der Waals surface area contributed by atoms with Crippen LogP contribution in [0.1, 0.15) is 18.4 Å². The standard InChI is InChI=1S/C17H17N3O4/c1-2-9-19-16(21)14(12-5-7-13(8-6-12)20(23)24)15(17(19)22)18-10-3-4-11-18/h2,5-8H,1,3-4,9-11H2. The molecule has 0 unspecified atom stereocenters. The molecule has 7 nitrogen and oxygen atoms in total. The summed E-state index contributed by atoms with van der Waals surface area (Å²) in [5.41, 5.74) is 1.18. The van der Waals surface area contributed by atoms with Crippen LogP contribution in [0.4, 0.5) is 5.69 Å². The molecule has 2 amide bonds. The second-order valence-electron chi connectivity index (χ2n) is 5.73. The minimum Gasteiger partial charge on any atom is -0.366 e. The first kappa shape index (κ1) is 15.9. The Bertz CT molecular complexity index is 746. The van der Waals surface area contributed by atoms with E-state index in [9.17, 15) is 19.7 Å². The first-order chi connectivity index (χ1) is 11.5. The maximum atomic E-state index is 12.7. The zero-order chi connectivity index (χ0) is 17.3. The second kappa shape index (κ2) is 6.27. The summed E-state index contributed by atoms with van der Waals surface area (Å²) in [6.07, 6.45) is 3.45. The summed E-state index contributed by atoms with van der Waals surface area (Å²) in [4.78, 5) is 38.8. The molecule has 24 heavy (non-hydrogen) atoms. The Labute approximate surface area is 139 Å². The van der Waals surface area contributed by atoms with Gasteiger partial charge in [-0.1, -0.05) is 6.08 Å². The first-order valence-electron chi connectivity index (χ1n) is 7.75. The van der Waals surface area contributed by atoms with E-state index < -0.39 is 4.92 Å². The van der Waals surface area contributed by atoms with Crippen molar-refractivity contribution >= 4 is 23.1 Å². The summed E-state index contributed by atoms with van der Waals surface area (Å²) in [6, 6.07) is 5.73. The highest BCUT2D eigenvalue weighted by atomic mass is 16.6. The fraction of sp³-hybridized carbons (Fsp3) is 0.294. The molecule has 2 heterocycles. The Hall–Kier alpha value is -2.96. The van der Waals surface area contributed by atoms with E-state index in [0.29, 0.717) is 16.8 Å². The highest BCUT2D eigenvalue weighted by Crippen LogP contribution is 2.33. The summed E-state index contributed by atoms with van der Waals surface area (Å²) in [7, 11) is 0. The van der Waals surface area contributed by atoms with Crippen LogP contribution < -0.4 is 0 Å². The van der Waals surface area contributed by atoms with Gasteiger partial charge in [0.25, 0.3) is 17.5 Å². The van der Waals surface area contributed by atoms with Gasteiger partial charge in [0, 0.05) is 31.8 Å². The van der Waals surface area contributed by atoms with Crippen molar-refractivity contribution in [3.05, 3.63) is 58.3 Å². The molecule has 0 atom stereocenters. The zero-order valence-corrected chi connectivity index (χ0v) is 13.1. The maximum absolute atomic E-state index is 12.7. The van der Waals surface area contributed by atoms with Crippen LogP contribution in [0.15, 0.2) is 42.6 Å². The Morgan fingerprint density at radius 1 is 1.12 bits per heavy atom. The lowest BCUT2D eigenvalue weighted by molar-refractivity contribution is -0.384. The molecule has 1 aromatic carbocycles. The van der Waals surface area contributed by atoms with Gasteiger partial charge in [-0.25, -0.2) is 0 Å². The average Bonchev–Trinajstić information content (AvgIpc) is 3.17. The van der Waals surface area contributed by atoms with Crippen LogP contribution in [-0.4, -0.2) is 46.2 Å². The van der Waals surface area contributed by atoms with Gasteiger partial charge in [0.2, 0.25) is 0 Å². The number of imide groups is 1. The van der Waals surface area contributed by atoms with Gasteiger partial charge in [-0.3, -0.25) is 24.6 Å². The van der Waals surface area contributed by atoms with Crippen molar-refractivity contribution in [1.29, 1.82) is 0 Å². The second-order valence-corrected chi connectivity index (χ2v) is 5.73. The van der Waals surface area contributed by atoms with Gasteiger partial charge in [-0.2, -0.15) is 0 Å². The number of nitro groups is 1. The number of nitro benzene ring substituents is 1. The molecule has 0 N–H and O–H groups in total. The number of hydrogen-bond acceptors (Lipinski definition) is 5. The summed E-state index contributed by atoms with van der Waals surface area (Å²) >= 11 is 0. The van der Waals surface area contributed by atoms with E-state index in [1.54, 1.807) is 0 Å². The number of rotatable bonds is 5. The number of amides is 2. The molecule has 7 heteroatoms. The van der Waals surface area contributed by atoms with Crippen molar-refractivity contribution in [3.63, 3.8) is 0 Å². The van der Waals surface area contributed by atoms with Crippen LogP contribution in [0.5, 0.6) is 0 Å². The first-order valence-corrected chi connectivity index (χ1v) is 7.75. The molecule has 2 aliphatic heterocycles. The van der Waals surface area contributed by atoms with E-state index in [0.717, 1.165) is 30.8 Å². The summed E-state index contributed by atoms with van der Waals surface area (Å²) in [5.74, 6) is -0.703. The average molecular weight is 327 g/mol. The molecule has 124 valence electrons. The molecule has 0 spiro atoms. The summed E-state index contributed by atoms with van der Waals surface area (Å²) in [6.45, 7) is 5.19. The monoisotopic (exact) mass is 327 g/mol. The number of non-ortho nitro benzene ring substituents is 1. The molecule has 0 bridgehead atoms. The molecule has 0 radical (unpaired) electrons. The molecule has 1 fully saturated rings. The van der Waals surface area contributed by atoms with E-state index in [4.69, 9.17) is 0 Å². The topological polar surface area (TPSA) is 83.8 Å². The number of nitrogens with zero attached hydrogens (tertiary/aromatic N) is 3. The van der Waals surface area contributed by atoms with Crippen molar-refractivity contribution in [3.8, 4) is 0 Å². The van der Waals surface area contributed by atoms with Gasteiger partial charge in [0.15, 0.2) is 0 Å². The number of carbonyl (C=O) groups excluding carboxylic acids is 2. The lowest BCUT2D eigenvalue weighted by Crippen LogP contribution is -2.34. The largest absolute Gasteiger partial charge is 0.366 e. The van der Waals surface area contributed by atoms with E-state index in [2.05, 4.69) is 6.58 Å². The molecule has 2 aliphatic rings. The highest BCUT2D eigenvalue weighted by Gasteiger charge is 2.41. The SMILES string of the molecule is C=CCN1C(=O)C(c2ccc([N+](=O)[O-])cc2)=C(N2CCCC2)C1=O. The normalized spacial score (nSPS) is 17.8. The van der Waals surface area contributed by atoms with Crippen molar-refractivity contribution in [2.24, 2.45) is 0 Å². The van der Waals surface area contributed by atoms with Crippen LogP contribution in [0.25, 0.3) is 5.57 Å². The number of carbonyl (C=O) groups is 2. The minimum atomic E-state index is -0.495. The van der Waals surface area contributed by atoms with E-state index in [1.165, 1.54) is 30.3 Å². The third-order valence-corrected chi connectivity index (χ3v) is 4.24. The van der Waals surface area contributed by atoms with Crippen LogP contribution in [0, 0.1) is 10.1 Å². The number of likely N-dealkylation sites (tertiary alicyclic amines) is 1. The lowest BCUT2D eigenvalue weighted by Gasteiger charge is -2.19. The Kier molecular flexibility index (Phi) is 4.16. The molecule has 3 rings (SSSR count). The van der Waals surface area contributed by atoms with Gasteiger partial charge in [-0.15, -0.1) is 6.58 Å². The van der Waals surface area contributed by atoms with Crippen LogP contribution in [0.3, 0.4) is 0 Å². The summed E-state index contributed by atoms with van der Waals surface area (Å²) < 4.78 is 0. The minimum absolute atomic E-state index is 0.0539. The number of benzene rings is 1. The van der Waals surface area contributed by atoms with Crippen molar-refractivity contribution < 1.29 is 14.5 Å². The predicted octanol–water partition coefficient (Wildman–Crippen LogP) is 1.96. The lowest BCUT2D eigenvalue weighted by atomic mass is 10.0. The van der Waals surface area contributed by atoms with Crippen molar-refractivity contribution in [1.82, 2.24) is 9.80 Å². The smallest absolute Gasteiger partial charge is 0.278 e. The highest BCUT2D eigenvalue weighted by molar-refractivity contribution is 6.35. The molecular formula is C17H17N3O4. The predicted molar refractivity (Wildman–Crippen MR) is 87.7 cm³/mol. The van der Waals surface area contributed by atoms with Crippen molar-refractivity contribution in [2.45, 2.75) is 12.8 Å². The van der Waals surface area contributed by atoms with Gasteiger partial charge in [0.1, 0.15) is 5.70 Å². The Morgan fingerprint density at radius 3 is 2.29 bits per heavy atom. The third kappa shape index (κ3) is 2.58. The van der Waals surface area contributed by atoms with Gasteiger partial charge in [-0.05, 0) is 30.5 Å². The molecular weight excluding hydrogens is 310 g/mol. The zero-order valence-electron chi connectivity index (χ0n) is 13.1. The molecule has 0 aromatic heterocycles. The fourth-order valence-corrected chi connectivity index (χ4v) is 3.10. The van der Waals surface area contributed by atoms with Crippen molar-refractivity contribution in [2.75, 3.05) is 19.6 Å². The summed E-state index contributed by atoms with van der Waals surface area (Å²) in [5, 5.41) is 10.8. The molecule has 1 aromatic rings. The van der Waals surface area contributed by atoms with E-state index in [1.807, 2.05) is 4.90 Å². The van der Waals surface area contributed by atoms with E-state index >= 15 is 0 Å². The Balaban J connectivity index is 2.07. The maximum Gasteiger partial charge on any atom is 0.278 e. The molecule has 0 aliphatic carbocycles. The quantitative estimate of drug-likeness (QED) is 0.357. The van der Waals surface area contributed by atoms with Crippen LogP contribution in [-0.2, 0) is 9.59 Å². The number of hydrogen-bond donors (Lipinski definition) is 0. The van der Waals surface area contributed by atoms with E-state index in [-0.39, 0.29) is 24.0 Å². The van der Waals surface area contributed by atoms with Gasteiger partial charge >= 0.3 is 0 Å².